The number of ether oxygens (including phenoxy) is 4. The summed E-state index contributed by atoms with van der Waals surface area (Å²) < 4.78 is 22.2. The van der Waals surface area contributed by atoms with Crippen LogP contribution < -0.4 is 18.9 Å². The largest absolute Gasteiger partial charge is 0.493 e. The van der Waals surface area contributed by atoms with Crippen molar-refractivity contribution in [1.29, 1.82) is 0 Å². The van der Waals surface area contributed by atoms with Crippen molar-refractivity contribution in [2.24, 2.45) is 0 Å². The minimum Gasteiger partial charge on any atom is -0.493 e. The second-order valence-corrected chi connectivity index (χ2v) is 6.33. The number of hydrogen-bond acceptors (Lipinski definition) is 5. The van der Waals surface area contributed by atoms with Crippen molar-refractivity contribution in [2.45, 2.75) is 0 Å². The summed E-state index contributed by atoms with van der Waals surface area (Å²) >= 11 is 6.83. The van der Waals surface area contributed by atoms with Crippen LogP contribution in [0.25, 0.3) is 0 Å². The van der Waals surface area contributed by atoms with Gasteiger partial charge in [0.15, 0.2) is 28.8 Å². The van der Waals surface area contributed by atoms with Gasteiger partial charge in [0.25, 0.3) is 0 Å². The van der Waals surface area contributed by atoms with Crippen LogP contribution in [0.3, 0.4) is 0 Å². The van der Waals surface area contributed by atoms with Crippen molar-refractivity contribution in [1.82, 2.24) is 0 Å². The summed E-state index contributed by atoms with van der Waals surface area (Å²) in [6, 6.07) is 6.69. The van der Waals surface area contributed by atoms with Crippen LogP contribution in [0.4, 0.5) is 0 Å². The first-order chi connectivity index (χ1) is 11.5. The Morgan fingerprint density at radius 1 is 0.792 bits per heavy atom. The molecule has 0 radical (unpaired) electrons. The minimum absolute atomic E-state index is 0.198. The van der Waals surface area contributed by atoms with E-state index in [1.54, 1.807) is 24.3 Å². The smallest absolute Gasteiger partial charge is 0.195 e. The molecule has 2 aromatic rings. The standard InChI is InChI=1S/C17H16Br2O5/c1-21-12-6-5-9(15(19)17(12)24-4)16(20)10-7-13(22-2)14(23-3)8-11(10)18/h5-8H,1-4H3. The van der Waals surface area contributed by atoms with Crippen molar-refractivity contribution in [3.8, 4) is 23.0 Å². The third-order valence-corrected chi connectivity index (χ3v) is 4.89. The van der Waals surface area contributed by atoms with E-state index in [1.165, 1.54) is 28.4 Å². The molecule has 0 saturated carbocycles. The third kappa shape index (κ3) is 3.37. The molecule has 0 heterocycles. The van der Waals surface area contributed by atoms with Crippen LogP contribution in [-0.4, -0.2) is 34.2 Å². The van der Waals surface area contributed by atoms with Crippen molar-refractivity contribution >= 4 is 37.6 Å². The third-order valence-electron chi connectivity index (χ3n) is 3.45. The molecule has 5 nitrogen and oxygen atoms in total. The molecule has 0 fully saturated rings. The number of benzene rings is 2. The molecule has 0 aromatic heterocycles. The van der Waals surface area contributed by atoms with Crippen LogP contribution in [0.2, 0.25) is 0 Å². The molecule has 24 heavy (non-hydrogen) atoms. The summed E-state index contributed by atoms with van der Waals surface area (Å²) in [5.74, 6) is 1.80. The summed E-state index contributed by atoms with van der Waals surface area (Å²) in [4.78, 5) is 13.0. The first kappa shape index (κ1) is 18.6. The highest BCUT2D eigenvalue weighted by Crippen LogP contribution is 2.40. The van der Waals surface area contributed by atoms with Gasteiger partial charge >= 0.3 is 0 Å². The molecule has 0 aliphatic carbocycles. The van der Waals surface area contributed by atoms with Gasteiger partial charge in [-0.15, -0.1) is 0 Å². The van der Waals surface area contributed by atoms with Crippen molar-refractivity contribution in [3.63, 3.8) is 0 Å². The van der Waals surface area contributed by atoms with E-state index in [-0.39, 0.29) is 5.78 Å². The zero-order chi connectivity index (χ0) is 17.9. The minimum atomic E-state index is -0.198. The van der Waals surface area contributed by atoms with Gasteiger partial charge in [0.2, 0.25) is 0 Å². The van der Waals surface area contributed by atoms with E-state index in [4.69, 9.17) is 18.9 Å². The number of methoxy groups -OCH3 is 4. The van der Waals surface area contributed by atoms with E-state index in [2.05, 4.69) is 31.9 Å². The lowest BCUT2D eigenvalue weighted by Crippen LogP contribution is -2.06. The highest BCUT2D eigenvalue weighted by molar-refractivity contribution is 9.11. The molecule has 2 rings (SSSR count). The lowest BCUT2D eigenvalue weighted by atomic mass is 10.0. The van der Waals surface area contributed by atoms with Crippen molar-refractivity contribution in [3.05, 3.63) is 44.3 Å². The molecule has 0 aliphatic rings. The Morgan fingerprint density at radius 3 is 1.92 bits per heavy atom. The van der Waals surface area contributed by atoms with E-state index >= 15 is 0 Å². The second kappa shape index (κ2) is 7.90. The fourth-order valence-corrected chi connectivity index (χ4v) is 3.41. The quantitative estimate of drug-likeness (QED) is 0.596. The fraction of sp³-hybridized carbons (Fsp3) is 0.235. The average molecular weight is 460 g/mol. The highest BCUT2D eigenvalue weighted by Gasteiger charge is 2.22. The molecule has 0 unspecified atom stereocenters. The zero-order valence-corrected chi connectivity index (χ0v) is 16.8. The molecule has 0 aliphatic heterocycles. The van der Waals surface area contributed by atoms with E-state index in [0.717, 1.165) is 0 Å². The molecule has 128 valence electrons. The maximum atomic E-state index is 13.0. The van der Waals surface area contributed by atoms with Gasteiger partial charge in [0.05, 0.1) is 32.9 Å². The van der Waals surface area contributed by atoms with Crippen LogP contribution in [0, 0.1) is 0 Å². The van der Waals surface area contributed by atoms with Crippen LogP contribution in [-0.2, 0) is 0 Å². The van der Waals surface area contributed by atoms with Gasteiger partial charge in [-0.05, 0) is 56.1 Å². The number of ketones is 1. The Labute approximate surface area is 157 Å². The number of carbonyl (C=O) groups excluding carboxylic acids is 1. The molecule has 0 atom stereocenters. The first-order valence-corrected chi connectivity index (χ1v) is 8.43. The summed E-state index contributed by atoms with van der Waals surface area (Å²) in [6.45, 7) is 0. The number of hydrogen-bond donors (Lipinski definition) is 0. The van der Waals surface area contributed by atoms with Crippen molar-refractivity contribution < 1.29 is 23.7 Å². The van der Waals surface area contributed by atoms with Gasteiger partial charge < -0.3 is 18.9 Å². The highest BCUT2D eigenvalue weighted by atomic mass is 79.9. The SMILES string of the molecule is COc1cc(Br)c(C(=O)c2ccc(OC)c(OC)c2Br)cc1OC. The molecule has 2 aromatic carbocycles. The Balaban J connectivity index is 2.57. The predicted molar refractivity (Wildman–Crippen MR) is 97.9 cm³/mol. The first-order valence-electron chi connectivity index (χ1n) is 6.85. The monoisotopic (exact) mass is 458 g/mol. The zero-order valence-electron chi connectivity index (χ0n) is 13.6. The van der Waals surface area contributed by atoms with Crippen LogP contribution in [0.1, 0.15) is 15.9 Å². The summed E-state index contributed by atoms with van der Waals surface area (Å²) in [5.41, 5.74) is 0.890. The Kier molecular flexibility index (Phi) is 6.12. The second-order valence-electron chi connectivity index (χ2n) is 4.68. The molecule has 0 saturated heterocycles. The number of carbonyl (C=O) groups is 1. The maximum Gasteiger partial charge on any atom is 0.195 e. The molecule has 0 amide bonds. The Bertz CT molecular complexity index is 768. The summed E-state index contributed by atoms with van der Waals surface area (Å²) in [5, 5.41) is 0. The van der Waals surface area contributed by atoms with Crippen LogP contribution >= 0.6 is 31.9 Å². The van der Waals surface area contributed by atoms with E-state index < -0.39 is 0 Å². The lowest BCUT2D eigenvalue weighted by molar-refractivity contribution is 0.103. The molecule has 0 bridgehead atoms. The van der Waals surface area contributed by atoms with E-state index in [0.29, 0.717) is 43.1 Å². The van der Waals surface area contributed by atoms with Crippen LogP contribution in [0.5, 0.6) is 23.0 Å². The molecule has 0 N–H and O–H groups in total. The van der Waals surface area contributed by atoms with Crippen LogP contribution in [0.15, 0.2) is 33.2 Å². The average Bonchev–Trinajstić information content (AvgIpc) is 2.60. The van der Waals surface area contributed by atoms with Gasteiger partial charge in [0, 0.05) is 15.6 Å². The van der Waals surface area contributed by atoms with Crippen molar-refractivity contribution in [2.75, 3.05) is 28.4 Å². The van der Waals surface area contributed by atoms with Gasteiger partial charge in [-0.1, -0.05) is 0 Å². The van der Waals surface area contributed by atoms with Gasteiger partial charge in [0.1, 0.15) is 0 Å². The topological polar surface area (TPSA) is 54.0 Å². The fourth-order valence-electron chi connectivity index (χ4n) is 2.24. The Hall–Kier alpha value is -1.73. The van der Waals surface area contributed by atoms with E-state index in [9.17, 15) is 4.79 Å². The number of rotatable bonds is 6. The van der Waals surface area contributed by atoms with Gasteiger partial charge in [-0.3, -0.25) is 4.79 Å². The summed E-state index contributed by atoms with van der Waals surface area (Å²) in [6.07, 6.45) is 0. The maximum absolute atomic E-state index is 13.0. The molecular formula is C17H16Br2O5. The van der Waals surface area contributed by atoms with Gasteiger partial charge in [-0.2, -0.15) is 0 Å². The van der Waals surface area contributed by atoms with Gasteiger partial charge in [-0.25, -0.2) is 0 Å². The van der Waals surface area contributed by atoms with E-state index in [1.807, 2.05) is 0 Å². The summed E-state index contributed by atoms with van der Waals surface area (Å²) in [7, 11) is 6.11. The molecular weight excluding hydrogens is 444 g/mol. The number of halogens is 2. The molecule has 0 spiro atoms. The predicted octanol–water partition coefficient (Wildman–Crippen LogP) is 4.48. The normalized spacial score (nSPS) is 10.2. The molecule has 7 heteroatoms. The Morgan fingerprint density at radius 2 is 1.38 bits per heavy atom. The lowest BCUT2D eigenvalue weighted by Gasteiger charge is -2.14.